The van der Waals surface area contributed by atoms with Gasteiger partial charge in [0.1, 0.15) is 17.8 Å². The lowest BCUT2D eigenvalue weighted by Gasteiger charge is -2.29. The Morgan fingerprint density at radius 1 is 1.29 bits per heavy atom. The Morgan fingerprint density at radius 2 is 2.17 bits per heavy atom. The number of nitrogens with zero attached hydrogens (tertiary/aromatic N) is 5. The molecule has 0 fully saturated rings. The van der Waals surface area contributed by atoms with Crippen molar-refractivity contribution in [2.75, 3.05) is 6.54 Å². The molecular weight excluding hydrogens is 304 g/mol. The Balaban J connectivity index is 1.74. The van der Waals surface area contributed by atoms with E-state index in [9.17, 15) is 0 Å². The number of oxazole rings is 1. The van der Waals surface area contributed by atoms with Gasteiger partial charge in [0, 0.05) is 19.3 Å². The molecule has 1 aliphatic heterocycles. The van der Waals surface area contributed by atoms with E-state index in [1.54, 1.807) is 6.20 Å². The first-order chi connectivity index (χ1) is 11.6. The molecule has 122 valence electrons. The SMILES string of the molecule is CC1=C(c2ncco2)N=C(N)CN1Cc1cccc2ncn(C)c12. The monoisotopic (exact) mass is 322 g/mol. The molecule has 0 atom stereocenters. The molecule has 0 spiro atoms. The van der Waals surface area contributed by atoms with Crippen LogP contribution in [0, 0.1) is 0 Å². The van der Waals surface area contributed by atoms with Crippen molar-refractivity contribution in [2.45, 2.75) is 13.5 Å². The molecule has 0 amide bonds. The lowest BCUT2D eigenvalue weighted by atomic mass is 10.1. The highest BCUT2D eigenvalue weighted by atomic mass is 16.3. The molecule has 24 heavy (non-hydrogen) atoms. The van der Waals surface area contributed by atoms with Crippen molar-refractivity contribution in [3.05, 3.63) is 54.1 Å². The predicted molar refractivity (Wildman–Crippen MR) is 91.8 cm³/mol. The molecule has 2 N–H and O–H groups in total. The van der Waals surface area contributed by atoms with Crippen LogP contribution in [-0.2, 0) is 13.6 Å². The predicted octanol–water partition coefficient (Wildman–Crippen LogP) is 2.12. The lowest BCUT2D eigenvalue weighted by Crippen LogP contribution is -2.36. The van der Waals surface area contributed by atoms with Gasteiger partial charge in [-0.15, -0.1) is 0 Å². The van der Waals surface area contributed by atoms with Crippen LogP contribution in [0.3, 0.4) is 0 Å². The molecule has 0 unspecified atom stereocenters. The molecule has 3 aromatic rings. The van der Waals surface area contributed by atoms with Crippen molar-refractivity contribution >= 4 is 22.6 Å². The van der Waals surface area contributed by atoms with Crippen LogP contribution in [0.5, 0.6) is 0 Å². The number of nitrogens with two attached hydrogens (primary N) is 1. The first kappa shape index (κ1) is 14.5. The number of hydrogen-bond acceptors (Lipinski definition) is 6. The Kier molecular flexibility index (Phi) is 3.34. The molecule has 1 aliphatic rings. The molecule has 0 bridgehead atoms. The van der Waals surface area contributed by atoms with E-state index in [4.69, 9.17) is 10.2 Å². The average molecular weight is 322 g/mol. The molecule has 1 aromatic carbocycles. The second-order valence-corrected chi connectivity index (χ2v) is 5.87. The molecule has 7 heteroatoms. The third-order valence-corrected chi connectivity index (χ3v) is 4.24. The summed E-state index contributed by atoms with van der Waals surface area (Å²) < 4.78 is 7.44. The van der Waals surface area contributed by atoms with Crippen LogP contribution >= 0.6 is 0 Å². The fourth-order valence-corrected chi connectivity index (χ4v) is 3.07. The van der Waals surface area contributed by atoms with Crippen LogP contribution in [0.2, 0.25) is 0 Å². The van der Waals surface area contributed by atoms with Crippen LogP contribution in [0.1, 0.15) is 18.4 Å². The molecule has 7 nitrogen and oxygen atoms in total. The van der Waals surface area contributed by atoms with Crippen molar-refractivity contribution in [1.82, 2.24) is 19.4 Å². The van der Waals surface area contributed by atoms with Gasteiger partial charge >= 0.3 is 0 Å². The molecule has 4 rings (SSSR count). The van der Waals surface area contributed by atoms with Gasteiger partial charge in [-0.3, -0.25) is 0 Å². The minimum Gasteiger partial charge on any atom is -0.443 e. The zero-order valence-electron chi connectivity index (χ0n) is 13.6. The summed E-state index contributed by atoms with van der Waals surface area (Å²) in [6.07, 6.45) is 4.98. The summed E-state index contributed by atoms with van der Waals surface area (Å²) in [5.74, 6) is 1.03. The summed E-state index contributed by atoms with van der Waals surface area (Å²) in [5, 5.41) is 0. The van der Waals surface area contributed by atoms with E-state index in [1.165, 1.54) is 11.8 Å². The van der Waals surface area contributed by atoms with Gasteiger partial charge in [-0.25, -0.2) is 15.0 Å². The van der Waals surface area contributed by atoms with Crippen LogP contribution in [0.4, 0.5) is 0 Å². The van der Waals surface area contributed by atoms with Gasteiger partial charge < -0.3 is 19.6 Å². The van der Waals surface area contributed by atoms with E-state index >= 15 is 0 Å². The van der Waals surface area contributed by atoms with Crippen LogP contribution in [0.15, 0.2) is 52.1 Å². The molecule has 2 aromatic heterocycles. The fraction of sp³-hybridized carbons (Fsp3) is 0.235. The lowest BCUT2D eigenvalue weighted by molar-refractivity contribution is 0.378. The maximum atomic E-state index is 6.05. The molecule has 0 radical (unpaired) electrons. The van der Waals surface area contributed by atoms with Gasteiger partial charge in [0.15, 0.2) is 0 Å². The summed E-state index contributed by atoms with van der Waals surface area (Å²) >= 11 is 0. The number of hydrogen-bond donors (Lipinski definition) is 1. The summed E-state index contributed by atoms with van der Waals surface area (Å²) in [7, 11) is 2.01. The maximum absolute atomic E-state index is 6.05. The van der Waals surface area contributed by atoms with Crippen LogP contribution in [-0.4, -0.2) is 31.8 Å². The number of aromatic nitrogens is 3. The second-order valence-electron chi connectivity index (χ2n) is 5.87. The first-order valence-corrected chi connectivity index (χ1v) is 7.71. The summed E-state index contributed by atoms with van der Waals surface area (Å²) in [6.45, 7) is 3.30. The number of fused-ring (bicyclic) bond motifs is 1. The van der Waals surface area contributed by atoms with Crippen molar-refractivity contribution in [3.8, 4) is 0 Å². The van der Waals surface area contributed by atoms with Gasteiger partial charge in [-0.05, 0) is 18.6 Å². The first-order valence-electron chi connectivity index (χ1n) is 7.71. The highest BCUT2D eigenvalue weighted by Gasteiger charge is 2.22. The number of rotatable bonds is 3. The second kappa shape index (κ2) is 5.52. The summed E-state index contributed by atoms with van der Waals surface area (Å²) in [5.41, 5.74) is 11.0. The Labute approximate surface area is 139 Å². The van der Waals surface area contributed by atoms with Gasteiger partial charge in [0.05, 0.1) is 30.1 Å². The largest absolute Gasteiger partial charge is 0.443 e. The van der Waals surface area contributed by atoms with E-state index in [0.29, 0.717) is 30.5 Å². The normalized spacial score (nSPS) is 15.2. The van der Waals surface area contributed by atoms with E-state index < -0.39 is 0 Å². The third-order valence-electron chi connectivity index (χ3n) is 4.24. The quantitative estimate of drug-likeness (QED) is 0.798. The highest BCUT2D eigenvalue weighted by molar-refractivity contribution is 5.90. The Bertz CT molecular complexity index is 951. The van der Waals surface area contributed by atoms with E-state index in [1.807, 2.05) is 37.0 Å². The summed E-state index contributed by atoms with van der Waals surface area (Å²) in [6, 6.07) is 6.16. The van der Waals surface area contributed by atoms with Gasteiger partial charge in [-0.2, -0.15) is 0 Å². The summed E-state index contributed by atoms with van der Waals surface area (Å²) in [4.78, 5) is 15.2. The van der Waals surface area contributed by atoms with Crippen molar-refractivity contribution in [1.29, 1.82) is 0 Å². The molecule has 0 aliphatic carbocycles. The zero-order valence-corrected chi connectivity index (χ0v) is 13.6. The number of amidine groups is 1. The van der Waals surface area contributed by atoms with Crippen molar-refractivity contribution in [2.24, 2.45) is 17.8 Å². The number of para-hydroxylation sites is 1. The number of aliphatic imine (C=N–C) groups is 1. The molecular formula is C17H18N6O. The van der Waals surface area contributed by atoms with Gasteiger partial charge in [0.25, 0.3) is 0 Å². The maximum Gasteiger partial charge on any atom is 0.246 e. The number of allylic oxidation sites excluding steroid dienone is 1. The van der Waals surface area contributed by atoms with Crippen molar-refractivity contribution in [3.63, 3.8) is 0 Å². The number of benzene rings is 1. The van der Waals surface area contributed by atoms with Gasteiger partial charge in [0.2, 0.25) is 5.89 Å². The smallest absolute Gasteiger partial charge is 0.246 e. The highest BCUT2D eigenvalue weighted by Crippen LogP contribution is 2.27. The number of aryl methyl sites for hydroxylation is 1. The van der Waals surface area contributed by atoms with E-state index in [0.717, 1.165) is 16.7 Å². The Hall–Kier alpha value is -3.09. The topological polar surface area (TPSA) is 85.5 Å². The molecule has 0 saturated heterocycles. The standard InChI is InChI=1S/C17H18N6O/c1-11-15(17-19-6-7-24-17)21-14(18)9-23(11)8-12-4-3-5-13-16(12)22(2)10-20-13/h3-7,10H,8-9H2,1-2H3,(H2,18,21). The molecule has 0 saturated carbocycles. The van der Waals surface area contributed by atoms with Gasteiger partial charge in [-0.1, -0.05) is 12.1 Å². The van der Waals surface area contributed by atoms with E-state index in [2.05, 4.69) is 25.9 Å². The minimum atomic E-state index is 0.485. The third kappa shape index (κ3) is 2.34. The van der Waals surface area contributed by atoms with Crippen LogP contribution in [0.25, 0.3) is 16.7 Å². The van der Waals surface area contributed by atoms with Crippen LogP contribution < -0.4 is 5.73 Å². The van der Waals surface area contributed by atoms with Crippen molar-refractivity contribution < 1.29 is 4.42 Å². The minimum absolute atomic E-state index is 0.485. The van der Waals surface area contributed by atoms with E-state index in [-0.39, 0.29) is 0 Å². The zero-order chi connectivity index (χ0) is 16.7. The molecule has 3 heterocycles. The average Bonchev–Trinajstić information content (AvgIpc) is 3.21. The number of imidazole rings is 1. The Morgan fingerprint density at radius 3 is 2.96 bits per heavy atom. The fourth-order valence-electron chi connectivity index (χ4n) is 3.07.